The molecule has 1 fully saturated rings. The number of nitrogens with zero attached hydrogens (tertiary/aromatic N) is 6. The molecule has 5 heterocycles. The standard InChI is InChI=1S/C25H22N6OS/c1-2-4-23-19(3-1)13-21(33-23)17-27-16-20-14-25(30-9-11-32-12-10-30)31-24(28-20)15-22(29-31)18-5-7-26-8-6-18/h1-8,13-15,17H,9-12,16H2. The van der Waals surface area contributed by atoms with Crippen LogP contribution in [0.3, 0.4) is 0 Å². The first-order valence-corrected chi connectivity index (χ1v) is 11.8. The Morgan fingerprint density at radius 3 is 2.73 bits per heavy atom. The van der Waals surface area contributed by atoms with Crippen LogP contribution in [-0.2, 0) is 11.3 Å². The van der Waals surface area contributed by atoms with Gasteiger partial charge in [0.25, 0.3) is 0 Å². The average molecular weight is 455 g/mol. The van der Waals surface area contributed by atoms with Crippen molar-refractivity contribution in [2.24, 2.45) is 4.99 Å². The van der Waals surface area contributed by atoms with Crippen molar-refractivity contribution in [3.63, 3.8) is 0 Å². The van der Waals surface area contributed by atoms with E-state index < -0.39 is 0 Å². The summed E-state index contributed by atoms with van der Waals surface area (Å²) in [4.78, 5) is 17.1. The summed E-state index contributed by atoms with van der Waals surface area (Å²) in [5.74, 6) is 1.02. The van der Waals surface area contributed by atoms with E-state index in [-0.39, 0.29) is 0 Å². The molecule has 0 spiro atoms. The number of hydrogen-bond donors (Lipinski definition) is 0. The molecule has 0 aliphatic carbocycles. The van der Waals surface area contributed by atoms with Crippen molar-refractivity contribution in [2.45, 2.75) is 6.54 Å². The summed E-state index contributed by atoms with van der Waals surface area (Å²) in [6.45, 7) is 3.59. The van der Waals surface area contributed by atoms with Crippen LogP contribution in [0.15, 0.2) is 72.0 Å². The summed E-state index contributed by atoms with van der Waals surface area (Å²) >= 11 is 1.75. The Morgan fingerprint density at radius 1 is 1.03 bits per heavy atom. The Labute approximate surface area is 195 Å². The van der Waals surface area contributed by atoms with E-state index >= 15 is 0 Å². The fourth-order valence-corrected chi connectivity index (χ4v) is 5.03. The molecule has 1 aliphatic heterocycles. The van der Waals surface area contributed by atoms with Crippen molar-refractivity contribution in [1.29, 1.82) is 0 Å². The highest BCUT2D eigenvalue weighted by Crippen LogP contribution is 2.26. The smallest absolute Gasteiger partial charge is 0.158 e. The minimum absolute atomic E-state index is 0.512. The van der Waals surface area contributed by atoms with E-state index in [1.807, 2.05) is 28.9 Å². The SMILES string of the molecule is C(=NCc1cc(N2CCOCC2)n2nc(-c3ccncc3)cc2n1)c1cc2ccccc2s1. The molecule has 164 valence electrons. The highest BCUT2D eigenvalue weighted by molar-refractivity contribution is 7.20. The number of rotatable bonds is 5. The average Bonchev–Trinajstić information content (AvgIpc) is 3.48. The third-order valence-corrected chi connectivity index (χ3v) is 6.74. The Balaban J connectivity index is 1.34. The first-order chi connectivity index (χ1) is 16.3. The quantitative estimate of drug-likeness (QED) is 0.367. The predicted molar refractivity (Wildman–Crippen MR) is 132 cm³/mol. The molecule has 33 heavy (non-hydrogen) atoms. The zero-order valence-corrected chi connectivity index (χ0v) is 18.8. The van der Waals surface area contributed by atoms with Gasteiger partial charge in [-0.05, 0) is 29.7 Å². The largest absolute Gasteiger partial charge is 0.378 e. The molecule has 5 aromatic rings. The zero-order valence-electron chi connectivity index (χ0n) is 18.0. The zero-order chi connectivity index (χ0) is 22.0. The number of aliphatic imine (C=N–C) groups is 1. The van der Waals surface area contributed by atoms with Gasteiger partial charge in [-0.25, -0.2) is 4.98 Å². The molecule has 1 aromatic carbocycles. The maximum atomic E-state index is 5.56. The summed E-state index contributed by atoms with van der Waals surface area (Å²) in [5.41, 5.74) is 3.64. The Hall–Kier alpha value is -3.62. The maximum absolute atomic E-state index is 5.56. The summed E-state index contributed by atoms with van der Waals surface area (Å²) in [6.07, 6.45) is 5.51. The third kappa shape index (κ3) is 4.10. The van der Waals surface area contributed by atoms with E-state index in [1.165, 1.54) is 10.1 Å². The summed E-state index contributed by atoms with van der Waals surface area (Å²) < 4.78 is 8.77. The number of thiophene rings is 1. The molecular formula is C25H22N6OS. The van der Waals surface area contributed by atoms with E-state index in [2.05, 4.69) is 46.3 Å². The van der Waals surface area contributed by atoms with Gasteiger partial charge in [-0.15, -0.1) is 11.3 Å². The highest BCUT2D eigenvalue weighted by Gasteiger charge is 2.18. The fourth-order valence-electron chi connectivity index (χ4n) is 4.07. The molecule has 7 nitrogen and oxygen atoms in total. The van der Waals surface area contributed by atoms with Crippen LogP contribution in [0.1, 0.15) is 10.6 Å². The molecule has 0 bridgehead atoms. The van der Waals surface area contributed by atoms with E-state index in [0.29, 0.717) is 19.8 Å². The molecule has 1 saturated heterocycles. The number of aromatic nitrogens is 4. The van der Waals surface area contributed by atoms with E-state index in [0.717, 1.165) is 46.4 Å². The summed E-state index contributed by atoms with van der Waals surface area (Å²) in [6, 6.07) is 18.6. The third-order valence-electron chi connectivity index (χ3n) is 5.69. The summed E-state index contributed by atoms with van der Waals surface area (Å²) in [7, 11) is 0. The van der Waals surface area contributed by atoms with Crippen molar-refractivity contribution in [3.05, 3.63) is 77.6 Å². The molecule has 0 unspecified atom stereocenters. The molecule has 8 heteroatoms. The lowest BCUT2D eigenvalue weighted by Gasteiger charge is -2.29. The van der Waals surface area contributed by atoms with Crippen LogP contribution in [-0.4, -0.2) is 52.1 Å². The topological polar surface area (TPSA) is 67.9 Å². The van der Waals surface area contributed by atoms with Gasteiger partial charge in [-0.1, -0.05) is 18.2 Å². The van der Waals surface area contributed by atoms with Crippen LogP contribution in [0.2, 0.25) is 0 Å². The van der Waals surface area contributed by atoms with Crippen molar-refractivity contribution in [2.75, 3.05) is 31.2 Å². The maximum Gasteiger partial charge on any atom is 0.158 e. The van der Waals surface area contributed by atoms with E-state index in [9.17, 15) is 0 Å². The molecular weight excluding hydrogens is 432 g/mol. The number of fused-ring (bicyclic) bond motifs is 2. The summed E-state index contributed by atoms with van der Waals surface area (Å²) in [5, 5.41) is 6.11. The van der Waals surface area contributed by atoms with Crippen molar-refractivity contribution < 1.29 is 4.74 Å². The fraction of sp³-hybridized carbons (Fsp3) is 0.200. The monoisotopic (exact) mass is 454 g/mol. The van der Waals surface area contributed by atoms with Gasteiger partial charge in [0.1, 0.15) is 5.82 Å². The van der Waals surface area contributed by atoms with Crippen LogP contribution in [0.4, 0.5) is 5.82 Å². The Kier molecular flexibility index (Phi) is 5.29. The second-order valence-electron chi connectivity index (χ2n) is 7.90. The van der Waals surface area contributed by atoms with Gasteiger partial charge in [0.05, 0.1) is 31.1 Å². The van der Waals surface area contributed by atoms with Gasteiger partial charge < -0.3 is 9.64 Å². The van der Waals surface area contributed by atoms with Crippen LogP contribution < -0.4 is 4.90 Å². The second kappa shape index (κ2) is 8.73. The molecule has 6 rings (SSSR count). The van der Waals surface area contributed by atoms with E-state index in [4.69, 9.17) is 19.8 Å². The van der Waals surface area contributed by atoms with Gasteiger partial charge in [0.2, 0.25) is 0 Å². The van der Waals surface area contributed by atoms with Crippen LogP contribution in [0, 0.1) is 0 Å². The molecule has 0 saturated carbocycles. The van der Waals surface area contributed by atoms with Gasteiger partial charge in [-0.2, -0.15) is 9.61 Å². The Morgan fingerprint density at radius 2 is 1.88 bits per heavy atom. The molecule has 0 N–H and O–H groups in total. The molecule has 0 amide bonds. The normalized spacial score (nSPS) is 14.6. The van der Waals surface area contributed by atoms with Crippen molar-refractivity contribution in [1.82, 2.24) is 19.6 Å². The van der Waals surface area contributed by atoms with Gasteiger partial charge >= 0.3 is 0 Å². The lowest BCUT2D eigenvalue weighted by Crippen LogP contribution is -2.37. The first kappa shape index (κ1) is 20.0. The van der Waals surface area contributed by atoms with Gasteiger partial charge in [0, 0.05) is 59.0 Å². The predicted octanol–water partition coefficient (Wildman–Crippen LogP) is 4.46. The van der Waals surface area contributed by atoms with Crippen LogP contribution in [0.25, 0.3) is 27.0 Å². The molecule has 0 atom stereocenters. The number of pyridine rings is 1. The van der Waals surface area contributed by atoms with Crippen molar-refractivity contribution in [3.8, 4) is 11.3 Å². The molecule has 1 aliphatic rings. The minimum Gasteiger partial charge on any atom is -0.378 e. The number of hydrogen-bond acceptors (Lipinski definition) is 7. The van der Waals surface area contributed by atoms with Gasteiger partial charge in [0.15, 0.2) is 5.65 Å². The Bertz CT molecular complexity index is 1400. The number of anilines is 1. The highest BCUT2D eigenvalue weighted by atomic mass is 32.1. The minimum atomic E-state index is 0.512. The first-order valence-electron chi connectivity index (χ1n) is 10.9. The van der Waals surface area contributed by atoms with Crippen molar-refractivity contribution >= 4 is 39.1 Å². The second-order valence-corrected chi connectivity index (χ2v) is 9.01. The van der Waals surface area contributed by atoms with Gasteiger partial charge in [-0.3, -0.25) is 9.98 Å². The van der Waals surface area contributed by atoms with E-state index in [1.54, 1.807) is 23.7 Å². The van der Waals surface area contributed by atoms with Crippen LogP contribution in [0.5, 0.6) is 0 Å². The number of benzene rings is 1. The lowest BCUT2D eigenvalue weighted by molar-refractivity contribution is 0.122. The molecule has 4 aromatic heterocycles. The number of morpholine rings is 1. The number of ether oxygens (including phenoxy) is 1. The lowest BCUT2D eigenvalue weighted by atomic mass is 10.2. The molecule has 0 radical (unpaired) electrons. The van der Waals surface area contributed by atoms with Crippen LogP contribution >= 0.6 is 11.3 Å².